The van der Waals surface area contributed by atoms with E-state index in [4.69, 9.17) is 9.47 Å². The van der Waals surface area contributed by atoms with Gasteiger partial charge in [-0.2, -0.15) is 5.10 Å². The lowest BCUT2D eigenvalue weighted by Gasteiger charge is -2.07. The minimum Gasteiger partial charge on any atom is -0.497 e. The molecular formula is C14H14N2O3. The number of nitrogens with one attached hydrogen (secondary N) is 1. The molecule has 0 amide bonds. The van der Waals surface area contributed by atoms with Gasteiger partial charge in [0.15, 0.2) is 0 Å². The van der Waals surface area contributed by atoms with Crippen LogP contribution < -0.4 is 15.0 Å². The zero-order valence-corrected chi connectivity index (χ0v) is 10.7. The molecule has 0 saturated carbocycles. The normalized spacial score (nSPS) is 10.6. The highest BCUT2D eigenvalue weighted by molar-refractivity contribution is 5.71. The second-order valence-corrected chi connectivity index (χ2v) is 3.79. The number of aromatic amines is 1. The van der Waals surface area contributed by atoms with Gasteiger partial charge in [0.1, 0.15) is 11.5 Å². The smallest absolute Gasteiger partial charge is 0.264 e. The molecule has 0 saturated heterocycles. The summed E-state index contributed by atoms with van der Waals surface area (Å²) in [6.07, 6.45) is 3.65. The summed E-state index contributed by atoms with van der Waals surface area (Å²) in [7, 11) is 3.21. The number of aromatic nitrogens is 2. The molecule has 0 bridgehead atoms. The van der Waals surface area contributed by atoms with Gasteiger partial charge in [-0.1, -0.05) is 0 Å². The van der Waals surface area contributed by atoms with Crippen LogP contribution in [0.15, 0.2) is 35.1 Å². The quantitative estimate of drug-likeness (QED) is 0.910. The Kier molecular flexibility index (Phi) is 3.97. The third kappa shape index (κ3) is 3.22. The minimum absolute atomic E-state index is 0.223. The molecule has 2 rings (SSSR count). The Balaban J connectivity index is 2.27. The van der Waals surface area contributed by atoms with Gasteiger partial charge in [-0.05, 0) is 30.4 Å². The Morgan fingerprint density at radius 3 is 2.58 bits per heavy atom. The van der Waals surface area contributed by atoms with Crippen molar-refractivity contribution in [3.8, 4) is 11.5 Å². The molecule has 0 aliphatic carbocycles. The topological polar surface area (TPSA) is 64.2 Å². The van der Waals surface area contributed by atoms with Gasteiger partial charge in [0.2, 0.25) is 0 Å². The van der Waals surface area contributed by atoms with E-state index in [-0.39, 0.29) is 5.56 Å². The molecule has 5 heteroatoms. The molecule has 0 aliphatic rings. The van der Waals surface area contributed by atoms with Crippen LogP contribution in [-0.2, 0) is 0 Å². The van der Waals surface area contributed by atoms with Crippen molar-refractivity contribution < 1.29 is 9.47 Å². The molecule has 0 aliphatic heterocycles. The Bertz CT molecular complexity index is 627. The molecule has 0 atom stereocenters. The Morgan fingerprint density at radius 1 is 1.11 bits per heavy atom. The highest BCUT2D eigenvalue weighted by Crippen LogP contribution is 2.25. The second-order valence-electron chi connectivity index (χ2n) is 3.79. The van der Waals surface area contributed by atoms with Crippen LogP contribution in [-0.4, -0.2) is 24.4 Å². The molecule has 0 spiro atoms. The van der Waals surface area contributed by atoms with E-state index in [0.29, 0.717) is 11.4 Å². The fraction of sp³-hybridized carbons (Fsp3) is 0.143. The lowest BCUT2D eigenvalue weighted by molar-refractivity contribution is 0.394. The minimum atomic E-state index is -0.223. The largest absolute Gasteiger partial charge is 0.497 e. The van der Waals surface area contributed by atoms with E-state index in [1.807, 2.05) is 18.2 Å². The van der Waals surface area contributed by atoms with Crippen LogP contribution >= 0.6 is 0 Å². The van der Waals surface area contributed by atoms with Gasteiger partial charge < -0.3 is 9.47 Å². The van der Waals surface area contributed by atoms with Crippen molar-refractivity contribution in [3.63, 3.8) is 0 Å². The summed E-state index contributed by atoms with van der Waals surface area (Å²) >= 11 is 0. The van der Waals surface area contributed by atoms with Crippen molar-refractivity contribution in [1.29, 1.82) is 0 Å². The maximum Gasteiger partial charge on any atom is 0.264 e. The van der Waals surface area contributed by atoms with Crippen LogP contribution in [0, 0.1) is 0 Å². The van der Waals surface area contributed by atoms with E-state index < -0.39 is 0 Å². The van der Waals surface area contributed by atoms with Crippen molar-refractivity contribution in [2.45, 2.75) is 0 Å². The monoisotopic (exact) mass is 258 g/mol. The highest BCUT2D eigenvalue weighted by atomic mass is 16.5. The molecule has 0 unspecified atom stereocenters. The summed E-state index contributed by atoms with van der Waals surface area (Å²) in [5.74, 6) is 1.44. The summed E-state index contributed by atoms with van der Waals surface area (Å²) in [5, 5.41) is 6.27. The lowest BCUT2D eigenvalue weighted by atomic mass is 10.1. The molecule has 1 heterocycles. The number of hydrogen-bond acceptors (Lipinski definition) is 4. The van der Waals surface area contributed by atoms with E-state index in [2.05, 4.69) is 10.2 Å². The van der Waals surface area contributed by atoms with Crippen molar-refractivity contribution in [2.75, 3.05) is 14.2 Å². The van der Waals surface area contributed by atoms with E-state index in [1.54, 1.807) is 32.4 Å². The lowest BCUT2D eigenvalue weighted by Crippen LogP contribution is -2.05. The van der Waals surface area contributed by atoms with Gasteiger partial charge >= 0.3 is 0 Å². The van der Waals surface area contributed by atoms with Crippen LogP contribution in [0.25, 0.3) is 12.2 Å². The molecule has 1 aromatic heterocycles. The SMILES string of the molecule is COc1ccc(/C=C/c2ccc(=O)[nH]n2)c(OC)c1. The first-order valence-corrected chi connectivity index (χ1v) is 5.69. The van der Waals surface area contributed by atoms with Crippen LogP contribution in [0.5, 0.6) is 11.5 Å². The summed E-state index contributed by atoms with van der Waals surface area (Å²) in [6, 6.07) is 8.62. The van der Waals surface area contributed by atoms with Crippen LogP contribution in [0.1, 0.15) is 11.3 Å². The number of H-pyrrole nitrogens is 1. The average molecular weight is 258 g/mol. The van der Waals surface area contributed by atoms with Crippen molar-refractivity contribution in [3.05, 3.63) is 51.9 Å². The van der Waals surface area contributed by atoms with Crippen molar-refractivity contribution in [1.82, 2.24) is 10.2 Å². The second kappa shape index (κ2) is 5.86. The zero-order valence-electron chi connectivity index (χ0n) is 10.7. The Morgan fingerprint density at radius 2 is 1.95 bits per heavy atom. The molecule has 0 fully saturated rings. The molecule has 1 N–H and O–H groups in total. The van der Waals surface area contributed by atoms with Crippen LogP contribution in [0.4, 0.5) is 0 Å². The van der Waals surface area contributed by atoms with Gasteiger partial charge in [-0.3, -0.25) is 4.79 Å². The maximum absolute atomic E-state index is 10.9. The van der Waals surface area contributed by atoms with Crippen LogP contribution in [0.2, 0.25) is 0 Å². The Labute approximate surface area is 110 Å². The molecule has 1 aromatic carbocycles. The standard InChI is InChI=1S/C14H14N2O3/c1-18-12-7-4-10(13(9-12)19-2)3-5-11-6-8-14(17)16-15-11/h3-9H,1-2H3,(H,16,17)/b5-3+. The van der Waals surface area contributed by atoms with E-state index in [1.165, 1.54) is 6.07 Å². The summed E-state index contributed by atoms with van der Waals surface area (Å²) in [4.78, 5) is 10.9. The molecule has 98 valence electrons. The highest BCUT2D eigenvalue weighted by Gasteiger charge is 2.01. The van der Waals surface area contributed by atoms with Gasteiger partial charge in [-0.25, -0.2) is 5.10 Å². The maximum atomic E-state index is 10.9. The number of rotatable bonds is 4. The fourth-order valence-electron chi connectivity index (χ4n) is 1.58. The molecular weight excluding hydrogens is 244 g/mol. The third-order valence-corrected chi connectivity index (χ3v) is 2.57. The van der Waals surface area contributed by atoms with Gasteiger partial charge in [0, 0.05) is 17.7 Å². The van der Waals surface area contributed by atoms with E-state index in [0.717, 1.165) is 11.3 Å². The van der Waals surface area contributed by atoms with Gasteiger partial charge in [-0.15, -0.1) is 0 Å². The zero-order chi connectivity index (χ0) is 13.7. The van der Waals surface area contributed by atoms with Crippen molar-refractivity contribution in [2.24, 2.45) is 0 Å². The molecule has 2 aromatic rings. The number of benzene rings is 1. The predicted molar refractivity (Wildman–Crippen MR) is 73.3 cm³/mol. The number of methoxy groups -OCH3 is 2. The van der Waals surface area contributed by atoms with Gasteiger partial charge in [0.25, 0.3) is 5.56 Å². The molecule has 19 heavy (non-hydrogen) atoms. The van der Waals surface area contributed by atoms with E-state index in [9.17, 15) is 4.79 Å². The third-order valence-electron chi connectivity index (χ3n) is 2.57. The van der Waals surface area contributed by atoms with Gasteiger partial charge in [0.05, 0.1) is 19.9 Å². The Hall–Kier alpha value is -2.56. The molecule has 5 nitrogen and oxygen atoms in total. The summed E-state index contributed by atoms with van der Waals surface area (Å²) < 4.78 is 10.4. The first-order valence-electron chi connectivity index (χ1n) is 5.69. The van der Waals surface area contributed by atoms with Crippen LogP contribution in [0.3, 0.4) is 0 Å². The number of hydrogen-bond donors (Lipinski definition) is 1. The first-order chi connectivity index (χ1) is 9.22. The fourth-order valence-corrected chi connectivity index (χ4v) is 1.58. The molecule has 0 radical (unpaired) electrons. The number of nitrogens with zero attached hydrogens (tertiary/aromatic N) is 1. The summed E-state index contributed by atoms with van der Waals surface area (Å²) in [5.41, 5.74) is 1.34. The predicted octanol–water partition coefficient (Wildman–Crippen LogP) is 1.96. The van der Waals surface area contributed by atoms with Crippen molar-refractivity contribution >= 4 is 12.2 Å². The number of ether oxygens (including phenoxy) is 2. The average Bonchev–Trinajstić information content (AvgIpc) is 2.46. The summed E-state index contributed by atoms with van der Waals surface area (Å²) in [6.45, 7) is 0. The van der Waals surface area contributed by atoms with E-state index >= 15 is 0 Å². The first kappa shape index (κ1) is 12.9.